The third-order valence-electron chi connectivity index (χ3n) is 5.58. The molecule has 0 fully saturated rings. The number of ether oxygens (including phenoxy) is 4. The number of carbonyl (C=O) groups excluding carboxylic acids is 4. The molecular formula is C32H36O8. The molecule has 2 aromatic carbocycles. The molecule has 0 aromatic heterocycles. The minimum absolute atomic E-state index is 0.0112. The summed E-state index contributed by atoms with van der Waals surface area (Å²) < 4.78 is 21.4. The highest BCUT2D eigenvalue weighted by atomic mass is 16.5. The molecule has 0 bridgehead atoms. The van der Waals surface area contributed by atoms with Crippen LogP contribution in [0.25, 0.3) is 11.1 Å². The van der Waals surface area contributed by atoms with E-state index in [2.05, 4.69) is 19.7 Å². The molecule has 0 unspecified atom stereocenters. The van der Waals surface area contributed by atoms with Gasteiger partial charge in [0.05, 0.1) is 5.92 Å². The van der Waals surface area contributed by atoms with Crippen molar-refractivity contribution in [3.8, 4) is 11.1 Å². The molecule has 0 atom stereocenters. The second kappa shape index (κ2) is 14.6. The fourth-order valence-electron chi connectivity index (χ4n) is 3.30. The molecule has 0 spiro atoms. The Bertz CT molecular complexity index is 1330. The third kappa shape index (κ3) is 9.69. The Morgan fingerprint density at radius 3 is 1.52 bits per heavy atom. The first-order chi connectivity index (χ1) is 18.8. The summed E-state index contributed by atoms with van der Waals surface area (Å²) in [5, 5.41) is 0. The lowest BCUT2D eigenvalue weighted by Crippen LogP contribution is -2.11. The van der Waals surface area contributed by atoms with Gasteiger partial charge in [-0.3, -0.25) is 4.79 Å². The molecule has 8 nitrogen and oxygen atoms in total. The van der Waals surface area contributed by atoms with Crippen molar-refractivity contribution in [2.45, 2.75) is 61.0 Å². The highest BCUT2D eigenvalue weighted by Crippen LogP contribution is 2.27. The summed E-state index contributed by atoms with van der Waals surface area (Å²) in [6.07, 6.45) is 0. The summed E-state index contributed by atoms with van der Waals surface area (Å²) in [5.41, 5.74) is 4.93. The lowest BCUT2D eigenvalue weighted by molar-refractivity contribution is -0.148. The number of benzene rings is 2. The fourth-order valence-corrected chi connectivity index (χ4v) is 3.30. The summed E-state index contributed by atoms with van der Waals surface area (Å²) in [7, 11) is 0. The van der Waals surface area contributed by atoms with Gasteiger partial charge in [0.1, 0.15) is 26.4 Å². The van der Waals surface area contributed by atoms with Gasteiger partial charge in [0.15, 0.2) is 0 Å². The molecule has 0 saturated carbocycles. The number of esters is 4. The van der Waals surface area contributed by atoms with Crippen molar-refractivity contribution < 1.29 is 38.1 Å². The molecule has 212 valence electrons. The number of rotatable bonds is 13. The van der Waals surface area contributed by atoms with Crippen molar-refractivity contribution in [2.75, 3.05) is 0 Å². The molecule has 0 N–H and O–H groups in total. The van der Waals surface area contributed by atoms with Gasteiger partial charge in [0.2, 0.25) is 0 Å². The molecular weight excluding hydrogens is 512 g/mol. The first kappa shape index (κ1) is 31.8. The van der Waals surface area contributed by atoms with Crippen LogP contribution in [-0.4, -0.2) is 23.9 Å². The van der Waals surface area contributed by atoms with E-state index in [1.54, 1.807) is 46.8 Å². The van der Waals surface area contributed by atoms with Gasteiger partial charge in [-0.1, -0.05) is 45.7 Å². The van der Waals surface area contributed by atoms with Crippen LogP contribution in [0.1, 0.15) is 56.9 Å². The van der Waals surface area contributed by atoms with Gasteiger partial charge in [0, 0.05) is 16.7 Å². The smallest absolute Gasteiger partial charge is 0.333 e. The second-order valence-corrected chi connectivity index (χ2v) is 9.85. The van der Waals surface area contributed by atoms with E-state index in [0.717, 1.165) is 11.1 Å². The van der Waals surface area contributed by atoms with Crippen LogP contribution in [0.5, 0.6) is 0 Å². The van der Waals surface area contributed by atoms with Crippen LogP contribution >= 0.6 is 0 Å². The van der Waals surface area contributed by atoms with Gasteiger partial charge in [-0.05, 0) is 78.4 Å². The molecule has 2 aromatic rings. The van der Waals surface area contributed by atoms with Crippen LogP contribution in [0.15, 0.2) is 72.9 Å². The maximum absolute atomic E-state index is 12.1. The van der Waals surface area contributed by atoms with Crippen LogP contribution in [0.4, 0.5) is 0 Å². The highest BCUT2D eigenvalue weighted by Gasteiger charge is 2.15. The van der Waals surface area contributed by atoms with Crippen molar-refractivity contribution in [3.63, 3.8) is 0 Å². The van der Waals surface area contributed by atoms with E-state index in [4.69, 9.17) is 18.9 Å². The zero-order valence-electron chi connectivity index (χ0n) is 23.8. The molecule has 0 aliphatic heterocycles. The summed E-state index contributed by atoms with van der Waals surface area (Å²) in [4.78, 5) is 48.1. The standard InChI is InChI=1S/C32H36O8/c1-19(2)29(33)37-15-23-11-24(16-38-30(34)20(3)4)13-27(12-23)25-9-10-26(17-39-31(35)21(5)6)28(14-25)18-40-32(36)22(7)8/h9-14,20H,1,5,7,15-18H2,2-4,6,8H3. The minimum Gasteiger partial charge on any atom is -0.461 e. The van der Waals surface area contributed by atoms with Gasteiger partial charge in [0.25, 0.3) is 0 Å². The van der Waals surface area contributed by atoms with E-state index in [1.165, 1.54) is 0 Å². The van der Waals surface area contributed by atoms with E-state index >= 15 is 0 Å². The number of hydrogen-bond donors (Lipinski definition) is 0. The van der Waals surface area contributed by atoms with Gasteiger partial charge in [-0.2, -0.15) is 0 Å². The average Bonchev–Trinajstić information content (AvgIpc) is 2.91. The van der Waals surface area contributed by atoms with Crippen LogP contribution in [0.2, 0.25) is 0 Å². The van der Waals surface area contributed by atoms with Crippen molar-refractivity contribution in [1.29, 1.82) is 0 Å². The Morgan fingerprint density at radius 2 is 1.05 bits per heavy atom. The van der Waals surface area contributed by atoms with Gasteiger partial charge < -0.3 is 18.9 Å². The monoisotopic (exact) mass is 548 g/mol. The minimum atomic E-state index is -0.550. The topological polar surface area (TPSA) is 105 Å². The zero-order chi connectivity index (χ0) is 30.0. The predicted molar refractivity (Wildman–Crippen MR) is 150 cm³/mol. The third-order valence-corrected chi connectivity index (χ3v) is 5.58. The van der Waals surface area contributed by atoms with E-state index in [-0.39, 0.29) is 55.0 Å². The Balaban J connectivity index is 2.48. The SMILES string of the molecule is C=C(C)C(=O)OCc1cc(COC(=O)C(C)C)cc(-c2ccc(COC(=O)C(=C)C)c(COC(=O)C(=C)C)c2)c1. The van der Waals surface area contributed by atoms with Crippen molar-refractivity contribution in [1.82, 2.24) is 0 Å². The van der Waals surface area contributed by atoms with Gasteiger partial charge >= 0.3 is 23.9 Å². The zero-order valence-corrected chi connectivity index (χ0v) is 23.8. The normalized spacial score (nSPS) is 10.4. The summed E-state index contributed by atoms with van der Waals surface area (Å²) in [6.45, 7) is 18.9. The van der Waals surface area contributed by atoms with Gasteiger partial charge in [-0.15, -0.1) is 0 Å². The highest BCUT2D eigenvalue weighted by molar-refractivity contribution is 5.88. The molecule has 0 saturated heterocycles. The van der Waals surface area contributed by atoms with E-state index in [1.807, 2.05) is 24.3 Å². The Hall–Kier alpha value is -4.46. The van der Waals surface area contributed by atoms with Crippen LogP contribution in [-0.2, 0) is 64.6 Å². The van der Waals surface area contributed by atoms with E-state index in [0.29, 0.717) is 22.3 Å². The van der Waals surface area contributed by atoms with Crippen molar-refractivity contribution in [3.05, 3.63) is 95.1 Å². The van der Waals surface area contributed by atoms with E-state index < -0.39 is 17.9 Å². The quantitative estimate of drug-likeness (QED) is 0.173. The predicted octanol–water partition coefficient (Wildman–Crippen LogP) is 5.91. The molecule has 40 heavy (non-hydrogen) atoms. The maximum Gasteiger partial charge on any atom is 0.333 e. The molecule has 2 rings (SSSR count). The molecule has 0 heterocycles. The molecule has 0 aliphatic carbocycles. The first-order valence-corrected chi connectivity index (χ1v) is 12.7. The lowest BCUT2D eigenvalue weighted by atomic mass is 9.96. The van der Waals surface area contributed by atoms with Crippen LogP contribution in [0.3, 0.4) is 0 Å². The number of carbonyl (C=O) groups is 4. The molecule has 8 heteroatoms. The Kier molecular flexibility index (Phi) is 11.6. The number of hydrogen-bond acceptors (Lipinski definition) is 8. The second-order valence-electron chi connectivity index (χ2n) is 9.85. The van der Waals surface area contributed by atoms with Crippen molar-refractivity contribution in [2.24, 2.45) is 5.92 Å². The maximum atomic E-state index is 12.1. The fraction of sp³-hybridized carbons (Fsp3) is 0.312. The summed E-state index contributed by atoms with van der Waals surface area (Å²) in [6, 6.07) is 10.9. The van der Waals surface area contributed by atoms with Crippen molar-refractivity contribution >= 4 is 23.9 Å². The van der Waals surface area contributed by atoms with Crippen LogP contribution < -0.4 is 0 Å². The summed E-state index contributed by atoms with van der Waals surface area (Å²) in [5.74, 6) is -2.23. The first-order valence-electron chi connectivity index (χ1n) is 12.7. The Labute approximate surface area is 235 Å². The lowest BCUT2D eigenvalue weighted by Gasteiger charge is -2.15. The molecule has 0 aliphatic rings. The largest absolute Gasteiger partial charge is 0.461 e. The molecule has 0 amide bonds. The Morgan fingerprint density at radius 1 is 0.600 bits per heavy atom. The van der Waals surface area contributed by atoms with E-state index in [9.17, 15) is 19.2 Å². The average molecular weight is 549 g/mol. The molecule has 0 radical (unpaired) electrons. The van der Waals surface area contributed by atoms with Crippen LogP contribution in [0, 0.1) is 5.92 Å². The summed E-state index contributed by atoms with van der Waals surface area (Å²) >= 11 is 0. The van der Waals surface area contributed by atoms with Gasteiger partial charge in [-0.25, -0.2) is 14.4 Å².